The molecule has 1 heterocycles. The number of nitrogens with zero attached hydrogens (tertiary/aromatic N) is 3. The van der Waals surface area contributed by atoms with Crippen LogP contribution >= 0.6 is 0 Å². The van der Waals surface area contributed by atoms with Gasteiger partial charge in [-0.25, -0.2) is 15.0 Å². The quantitative estimate of drug-likeness (QED) is 0.191. The molecule has 0 saturated carbocycles. The van der Waals surface area contributed by atoms with Crippen LogP contribution in [0.5, 0.6) is 0 Å². The Morgan fingerprint density at radius 3 is 1.54 bits per heavy atom. The zero-order valence-corrected chi connectivity index (χ0v) is 29.5. The molecule has 0 fully saturated rings. The average molecular weight is 646 g/mol. The highest BCUT2D eigenvalue weighted by molar-refractivity contribution is 5.91. The Labute approximate surface area is 294 Å². The van der Waals surface area contributed by atoms with Crippen molar-refractivity contribution in [3.05, 3.63) is 161 Å². The molecule has 6 aromatic carbocycles. The van der Waals surface area contributed by atoms with Crippen molar-refractivity contribution in [1.82, 2.24) is 15.0 Å². The molecule has 0 aliphatic heterocycles. The van der Waals surface area contributed by atoms with E-state index in [0.717, 1.165) is 16.7 Å². The van der Waals surface area contributed by atoms with Gasteiger partial charge in [0.25, 0.3) is 0 Å². The fourth-order valence-electron chi connectivity index (χ4n) is 8.52. The number of hydrogen-bond acceptors (Lipinski definition) is 3. The molecule has 0 radical (unpaired) electrons. The summed E-state index contributed by atoms with van der Waals surface area (Å²) in [6, 6.07) is 46.0. The number of rotatable bonds is 4. The van der Waals surface area contributed by atoms with Gasteiger partial charge in [0.05, 0.1) is 0 Å². The lowest BCUT2D eigenvalue weighted by atomic mass is 9.82. The second-order valence-corrected chi connectivity index (χ2v) is 15.0. The topological polar surface area (TPSA) is 38.7 Å². The van der Waals surface area contributed by atoms with Crippen molar-refractivity contribution in [2.45, 2.75) is 52.4 Å². The Morgan fingerprint density at radius 2 is 0.840 bits per heavy atom. The second kappa shape index (κ2) is 10.9. The Bertz CT molecular complexity index is 2520. The molecule has 3 heteroatoms. The molecule has 0 saturated heterocycles. The van der Waals surface area contributed by atoms with Crippen LogP contribution in [0.1, 0.15) is 61.1 Å². The maximum atomic E-state index is 5.30. The molecule has 0 N–H and O–H groups in total. The molecular formula is C47H39N3. The first-order valence-electron chi connectivity index (χ1n) is 17.5. The van der Waals surface area contributed by atoms with Crippen LogP contribution in [0.2, 0.25) is 0 Å². The van der Waals surface area contributed by atoms with E-state index < -0.39 is 0 Å². The lowest BCUT2D eigenvalue weighted by Gasteiger charge is -2.22. The summed E-state index contributed by atoms with van der Waals surface area (Å²) in [5.74, 6) is 2.05. The normalized spacial score (nSPS) is 14.5. The molecule has 7 aromatic rings. The van der Waals surface area contributed by atoms with Gasteiger partial charge in [-0.1, -0.05) is 143 Å². The van der Waals surface area contributed by atoms with Gasteiger partial charge in [0.15, 0.2) is 17.5 Å². The van der Waals surface area contributed by atoms with Gasteiger partial charge < -0.3 is 0 Å². The first-order valence-corrected chi connectivity index (χ1v) is 17.5. The lowest BCUT2D eigenvalue weighted by molar-refractivity contribution is 0.660. The summed E-state index contributed by atoms with van der Waals surface area (Å²) in [4.78, 5) is 15.8. The van der Waals surface area contributed by atoms with E-state index in [1.54, 1.807) is 0 Å². The third-order valence-corrected chi connectivity index (χ3v) is 11.2. The molecule has 0 amide bonds. The number of aromatic nitrogens is 3. The first kappa shape index (κ1) is 30.4. The van der Waals surface area contributed by atoms with Crippen LogP contribution in [-0.4, -0.2) is 15.0 Å². The summed E-state index contributed by atoms with van der Waals surface area (Å²) >= 11 is 0. The van der Waals surface area contributed by atoms with Crippen LogP contribution in [0.15, 0.2) is 127 Å². The van der Waals surface area contributed by atoms with Crippen LogP contribution in [0.25, 0.3) is 67.5 Å². The molecule has 50 heavy (non-hydrogen) atoms. The second-order valence-electron chi connectivity index (χ2n) is 15.0. The van der Waals surface area contributed by atoms with E-state index in [-0.39, 0.29) is 10.8 Å². The predicted octanol–water partition coefficient (Wildman–Crippen LogP) is 11.8. The summed E-state index contributed by atoms with van der Waals surface area (Å²) in [7, 11) is 0. The molecule has 1 aromatic heterocycles. The molecular weight excluding hydrogens is 607 g/mol. The average Bonchev–Trinajstić information content (AvgIpc) is 3.51. The highest BCUT2D eigenvalue weighted by atomic mass is 15.0. The summed E-state index contributed by atoms with van der Waals surface area (Å²) < 4.78 is 0. The monoisotopic (exact) mass is 645 g/mol. The fourth-order valence-corrected chi connectivity index (χ4v) is 8.52. The van der Waals surface area contributed by atoms with Gasteiger partial charge in [-0.15, -0.1) is 0 Å². The van der Waals surface area contributed by atoms with E-state index in [2.05, 4.69) is 169 Å². The van der Waals surface area contributed by atoms with Crippen molar-refractivity contribution in [1.29, 1.82) is 0 Å². The van der Waals surface area contributed by atoms with Gasteiger partial charge in [0, 0.05) is 27.5 Å². The van der Waals surface area contributed by atoms with Crippen LogP contribution in [0, 0.1) is 13.8 Å². The molecule has 9 rings (SSSR count). The third kappa shape index (κ3) is 4.46. The van der Waals surface area contributed by atoms with E-state index >= 15 is 0 Å². The van der Waals surface area contributed by atoms with Crippen molar-refractivity contribution < 1.29 is 0 Å². The molecule has 242 valence electrons. The minimum atomic E-state index is -0.126. The maximum Gasteiger partial charge on any atom is 0.164 e. The zero-order chi connectivity index (χ0) is 34.4. The highest BCUT2D eigenvalue weighted by Crippen LogP contribution is 2.52. The van der Waals surface area contributed by atoms with E-state index in [1.807, 2.05) is 0 Å². The lowest BCUT2D eigenvalue weighted by Crippen LogP contribution is -2.15. The number of benzene rings is 6. The summed E-state index contributed by atoms with van der Waals surface area (Å²) in [6.45, 7) is 13.6. The van der Waals surface area contributed by atoms with Crippen molar-refractivity contribution in [2.75, 3.05) is 0 Å². The molecule has 2 aliphatic rings. The molecule has 0 unspecified atom stereocenters. The fraction of sp³-hybridized carbons (Fsp3) is 0.170. The predicted molar refractivity (Wildman–Crippen MR) is 206 cm³/mol. The van der Waals surface area contributed by atoms with Crippen LogP contribution in [0.3, 0.4) is 0 Å². The Balaban J connectivity index is 1.26. The summed E-state index contributed by atoms with van der Waals surface area (Å²) in [5.41, 5.74) is 18.0. The van der Waals surface area contributed by atoms with Crippen LogP contribution in [-0.2, 0) is 10.8 Å². The SMILES string of the molecule is Cc1ccccc1-c1ccc(-c2nc(-c3ccc4c(c3)C(C)(C)c3ccccc3-4)nc(-c3cccc4c3-c3ccccc3C4(C)C)n2)cc1C. The van der Waals surface area contributed by atoms with Crippen molar-refractivity contribution >= 4 is 0 Å². The molecule has 2 aliphatic carbocycles. The molecule has 3 nitrogen and oxygen atoms in total. The van der Waals surface area contributed by atoms with Gasteiger partial charge >= 0.3 is 0 Å². The van der Waals surface area contributed by atoms with Crippen LogP contribution in [0.4, 0.5) is 0 Å². The molecule has 0 bridgehead atoms. The van der Waals surface area contributed by atoms with E-state index in [0.29, 0.717) is 17.5 Å². The third-order valence-electron chi connectivity index (χ3n) is 11.2. The number of hydrogen-bond donors (Lipinski definition) is 0. The number of aryl methyl sites for hydroxylation is 2. The van der Waals surface area contributed by atoms with E-state index in [9.17, 15) is 0 Å². The van der Waals surface area contributed by atoms with Gasteiger partial charge in [-0.05, 0) is 92.7 Å². The van der Waals surface area contributed by atoms with Crippen LogP contribution < -0.4 is 0 Å². The smallest absolute Gasteiger partial charge is 0.164 e. The van der Waals surface area contributed by atoms with Gasteiger partial charge in [0.1, 0.15) is 0 Å². The minimum Gasteiger partial charge on any atom is -0.208 e. The number of fused-ring (bicyclic) bond motifs is 6. The first-order chi connectivity index (χ1) is 24.1. The van der Waals surface area contributed by atoms with Crippen molar-refractivity contribution in [2.24, 2.45) is 0 Å². The molecule has 0 spiro atoms. The Hall–Kier alpha value is -5.67. The van der Waals surface area contributed by atoms with E-state index in [4.69, 9.17) is 15.0 Å². The van der Waals surface area contributed by atoms with Gasteiger partial charge in [0.2, 0.25) is 0 Å². The Kier molecular flexibility index (Phi) is 6.64. The van der Waals surface area contributed by atoms with E-state index in [1.165, 1.54) is 66.8 Å². The summed E-state index contributed by atoms with van der Waals surface area (Å²) in [5, 5.41) is 0. The van der Waals surface area contributed by atoms with Gasteiger partial charge in [-0.2, -0.15) is 0 Å². The minimum absolute atomic E-state index is 0.121. The standard InChI is InChI=1S/C47H39N3/c1-28-14-7-8-15-32(28)33-24-22-30(26-29(33)2)43-48-44(31-23-25-35-34-16-9-11-19-38(34)47(5,6)41(35)27-31)50-45(49-43)37-18-13-21-40-42(37)36-17-10-12-20-39(36)46(40,3)4/h7-27H,1-6H3. The largest absolute Gasteiger partial charge is 0.208 e. The zero-order valence-electron chi connectivity index (χ0n) is 29.5. The van der Waals surface area contributed by atoms with Crippen molar-refractivity contribution in [3.63, 3.8) is 0 Å². The summed E-state index contributed by atoms with van der Waals surface area (Å²) in [6.07, 6.45) is 0. The van der Waals surface area contributed by atoms with Crippen molar-refractivity contribution in [3.8, 4) is 67.5 Å². The Morgan fingerprint density at radius 1 is 0.360 bits per heavy atom. The maximum absolute atomic E-state index is 5.30. The molecule has 0 atom stereocenters. The highest BCUT2D eigenvalue weighted by Gasteiger charge is 2.38. The van der Waals surface area contributed by atoms with Gasteiger partial charge in [-0.3, -0.25) is 0 Å².